The number of alkyl halides is 3. The maximum absolute atomic E-state index is 13.5. The van der Waals surface area contributed by atoms with E-state index in [1.165, 1.54) is 17.2 Å². The zero-order valence-corrected chi connectivity index (χ0v) is 22.1. The molecule has 2 heterocycles. The van der Waals surface area contributed by atoms with Crippen LogP contribution in [0.3, 0.4) is 0 Å². The minimum atomic E-state index is -4.68. The average Bonchev–Trinajstić information content (AvgIpc) is 3.40. The summed E-state index contributed by atoms with van der Waals surface area (Å²) >= 11 is 0. The summed E-state index contributed by atoms with van der Waals surface area (Å²) in [4.78, 5) is 2.33. The number of hydrogen-bond acceptors (Lipinski definition) is 6. The smallest absolute Gasteiger partial charge is 0.453 e. The molecule has 1 fully saturated rings. The van der Waals surface area contributed by atoms with Crippen molar-refractivity contribution in [1.29, 1.82) is 0 Å². The van der Waals surface area contributed by atoms with Crippen LogP contribution in [0.1, 0.15) is 42.3 Å². The van der Waals surface area contributed by atoms with Gasteiger partial charge in [-0.3, -0.25) is 4.90 Å². The van der Waals surface area contributed by atoms with Gasteiger partial charge in [0.05, 0.1) is 12.8 Å². The van der Waals surface area contributed by atoms with E-state index in [1.54, 1.807) is 19.2 Å². The van der Waals surface area contributed by atoms with E-state index in [9.17, 15) is 13.2 Å². The molecule has 0 amide bonds. The van der Waals surface area contributed by atoms with Gasteiger partial charge in [-0.15, -0.1) is 5.10 Å². The zero-order valence-electron chi connectivity index (χ0n) is 22.1. The number of piperazine rings is 1. The molecule has 4 aromatic rings. The fraction of sp³-hybridized carbons (Fsp3) is 0.345. The molecular formula is C29H31F3N6O. The van der Waals surface area contributed by atoms with E-state index in [2.05, 4.69) is 88.1 Å². The van der Waals surface area contributed by atoms with E-state index >= 15 is 0 Å². The Morgan fingerprint density at radius 3 is 2.23 bits per heavy atom. The number of nitrogens with one attached hydrogen (secondary N) is 1. The van der Waals surface area contributed by atoms with Crippen molar-refractivity contribution in [2.45, 2.75) is 44.1 Å². The third kappa shape index (κ3) is 5.97. The van der Waals surface area contributed by atoms with Gasteiger partial charge in [-0.1, -0.05) is 60.7 Å². The molecule has 0 bridgehead atoms. The number of rotatable bonds is 7. The number of ether oxygens (including phenoxy) is 1. The van der Waals surface area contributed by atoms with Gasteiger partial charge in [0.1, 0.15) is 5.75 Å². The maximum atomic E-state index is 13.5. The second kappa shape index (κ2) is 10.8. The van der Waals surface area contributed by atoms with Gasteiger partial charge in [0.15, 0.2) is 0 Å². The van der Waals surface area contributed by atoms with Crippen LogP contribution in [0.25, 0.3) is 5.69 Å². The Bertz CT molecular complexity index is 1350. The standard InChI is InChI=1S/C29H31F3N6O/c1-28(2)19-37(18-24(33-28)26(20-10-6-4-7-11-20)21-12-8-5-9-13-21)17-22-16-23(14-15-25(22)39-3)38-27(29(30,31)32)34-35-36-38/h4-16,24,26,33H,17-19H2,1-3H3. The Morgan fingerprint density at radius 1 is 1.00 bits per heavy atom. The van der Waals surface area contributed by atoms with Crippen molar-refractivity contribution in [3.63, 3.8) is 0 Å². The first-order valence-electron chi connectivity index (χ1n) is 12.8. The largest absolute Gasteiger partial charge is 0.496 e. The highest BCUT2D eigenvalue weighted by molar-refractivity contribution is 5.44. The molecule has 1 aromatic heterocycles. The van der Waals surface area contributed by atoms with E-state index in [0.29, 0.717) is 17.0 Å². The summed E-state index contributed by atoms with van der Waals surface area (Å²) in [5.74, 6) is -0.468. The Kier molecular flexibility index (Phi) is 7.42. The molecule has 0 saturated carbocycles. The molecule has 10 heteroatoms. The highest BCUT2D eigenvalue weighted by atomic mass is 19.4. The maximum Gasteiger partial charge on any atom is 0.453 e. The van der Waals surface area contributed by atoms with Gasteiger partial charge in [-0.05, 0) is 53.6 Å². The van der Waals surface area contributed by atoms with Crippen LogP contribution in [0.2, 0.25) is 0 Å². The van der Waals surface area contributed by atoms with Crippen molar-refractivity contribution in [3.8, 4) is 11.4 Å². The fourth-order valence-electron chi connectivity index (χ4n) is 5.58. The lowest BCUT2D eigenvalue weighted by molar-refractivity contribution is -0.146. The molecule has 3 aromatic carbocycles. The van der Waals surface area contributed by atoms with Crippen molar-refractivity contribution < 1.29 is 17.9 Å². The van der Waals surface area contributed by atoms with Crippen LogP contribution in [0, 0.1) is 0 Å². The van der Waals surface area contributed by atoms with Gasteiger partial charge in [0, 0.05) is 42.7 Å². The highest BCUT2D eigenvalue weighted by Gasteiger charge is 2.39. The molecule has 0 radical (unpaired) electrons. The molecule has 204 valence electrons. The predicted octanol–water partition coefficient (Wildman–Crippen LogP) is 5.07. The van der Waals surface area contributed by atoms with Crippen molar-refractivity contribution in [3.05, 3.63) is 101 Å². The Labute approximate surface area is 225 Å². The average molecular weight is 537 g/mol. The molecule has 1 unspecified atom stereocenters. The van der Waals surface area contributed by atoms with Crippen molar-refractivity contribution in [2.75, 3.05) is 20.2 Å². The number of nitrogens with zero attached hydrogens (tertiary/aromatic N) is 5. The molecule has 1 atom stereocenters. The van der Waals surface area contributed by atoms with Crippen LogP contribution in [0.15, 0.2) is 78.9 Å². The Balaban J connectivity index is 1.47. The second-order valence-corrected chi connectivity index (χ2v) is 10.5. The van der Waals surface area contributed by atoms with E-state index in [0.717, 1.165) is 18.7 Å². The Hall–Kier alpha value is -3.76. The molecule has 0 spiro atoms. The van der Waals surface area contributed by atoms with Crippen molar-refractivity contribution >= 4 is 0 Å². The van der Waals surface area contributed by atoms with E-state index in [1.807, 2.05) is 12.1 Å². The van der Waals surface area contributed by atoms with Gasteiger partial charge in [-0.2, -0.15) is 17.9 Å². The molecule has 1 aliphatic rings. The van der Waals surface area contributed by atoms with Gasteiger partial charge in [0.2, 0.25) is 0 Å². The van der Waals surface area contributed by atoms with Crippen LogP contribution >= 0.6 is 0 Å². The first-order chi connectivity index (χ1) is 18.6. The van der Waals surface area contributed by atoms with Crippen molar-refractivity contribution in [1.82, 2.24) is 30.4 Å². The first kappa shape index (κ1) is 26.8. The summed E-state index contributed by atoms with van der Waals surface area (Å²) in [6.45, 7) is 6.29. The lowest BCUT2D eigenvalue weighted by Crippen LogP contribution is -2.63. The number of hydrogen-bond donors (Lipinski definition) is 1. The van der Waals surface area contributed by atoms with Gasteiger partial charge in [-0.25, -0.2) is 0 Å². The lowest BCUT2D eigenvalue weighted by atomic mass is 9.82. The fourth-order valence-corrected chi connectivity index (χ4v) is 5.58. The molecule has 1 aliphatic heterocycles. The summed E-state index contributed by atoms with van der Waals surface area (Å²) in [5.41, 5.74) is 3.20. The van der Waals surface area contributed by atoms with Crippen LogP contribution < -0.4 is 10.1 Å². The minimum Gasteiger partial charge on any atom is -0.496 e. The Morgan fingerprint density at radius 2 is 1.64 bits per heavy atom. The SMILES string of the molecule is COc1ccc(-n2nnnc2C(F)(F)F)cc1CN1CC(C(c2ccccc2)c2ccccc2)NC(C)(C)C1. The second-order valence-electron chi connectivity index (χ2n) is 10.5. The number of aromatic nitrogens is 4. The van der Waals surface area contributed by atoms with Crippen LogP contribution in [-0.4, -0.2) is 56.9 Å². The van der Waals surface area contributed by atoms with E-state index in [4.69, 9.17) is 4.74 Å². The summed E-state index contributed by atoms with van der Waals surface area (Å²) in [6.07, 6.45) is -4.68. The summed E-state index contributed by atoms with van der Waals surface area (Å²) < 4.78 is 46.7. The molecule has 5 rings (SSSR count). The summed E-state index contributed by atoms with van der Waals surface area (Å²) in [6, 6.07) is 25.8. The third-order valence-corrected chi connectivity index (χ3v) is 7.00. The van der Waals surface area contributed by atoms with Crippen LogP contribution in [-0.2, 0) is 12.7 Å². The van der Waals surface area contributed by atoms with Gasteiger partial charge < -0.3 is 10.1 Å². The molecule has 7 nitrogen and oxygen atoms in total. The van der Waals surface area contributed by atoms with Crippen LogP contribution in [0.4, 0.5) is 13.2 Å². The molecule has 0 aliphatic carbocycles. The molecule has 1 N–H and O–H groups in total. The van der Waals surface area contributed by atoms with Crippen molar-refractivity contribution in [2.24, 2.45) is 0 Å². The molecule has 39 heavy (non-hydrogen) atoms. The first-order valence-corrected chi connectivity index (χ1v) is 12.8. The van der Waals surface area contributed by atoms with Gasteiger partial charge >= 0.3 is 6.18 Å². The highest BCUT2D eigenvalue weighted by Crippen LogP contribution is 2.34. The number of halogens is 3. The quantitative estimate of drug-likeness (QED) is 0.356. The minimum absolute atomic E-state index is 0.0871. The van der Waals surface area contributed by atoms with E-state index < -0.39 is 12.0 Å². The lowest BCUT2D eigenvalue weighted by Gasteiger charge is -2.46. The summed E-state index contributed by atoms with van der Waals surface area (Å²) in [5, 5.41) is 13.9. The number of benzene rings is 3. The monoisotopic (exact) mass is 536 g/mol. The number of methoxy groups -OCH3 is 1. The van der Waals surface area contributed by atoms with E-state index in [-0.39, 0.29) is 23.2 Å². The van der Waals surface area contributed by atoms with Crippen LogP contribution in [0.5, 0.6) is 5.75 Å². The predicted molar refractivity (Wildman–Crippen MR) is 142 cm³/mol. The zero-order chi connectivity index (χ0) is 27.6. The molecule has 1 saturated heterocycles. The molecular weight excluding hydrogens is 505 g/mol. The number of tetrazole rings is 1. The normalized spacial score (nSPS) is 17.9. The summed E-state index contributed by atoms with van der Waals surface area (Å²) in [7, 11) is 1.56. The third-order valence-electron chi connectivity index (χ3n) is 7.00. The van der Waals surface area contributed by atoms with Gasteiger partial charge in [0.25, 0.3) is 5.82 Å². The topological polar surface area (TPSA) is 68.1 Å².